The Morgan fingerprint density at radius 2 is 2.11 bits per heavy atom. The Kier molecular flexibility index (Phi) is 2.56. The number of nitrogens with one attached hydrogen (secondary N) is 1. The Morgan fingerprint density at radius 3 is 2.79 bits per heavy atom. The van der Waals surface area contributed by atoms with Crippen molar-refractivity contribution in [3.8, 4) is 0 Å². The average Bonchev–Trinajstić information content (AvgIpc) is 2.85. The van der Waals surface area contributed by atoms with E-state index < -0.39 is 5.91 Å². The predicted molar refractivity (Wildman–Crippen MR) is 70.1 cm³/mol. The second-order valence-electron chi connectivity index (χ2n) is 4.37. The van der Waals surface area contributed by atoms with E-state index in [2.05, 4.69) is 15.4 Å². The van der Waals surface area contributed by atoms with E-state index in [-0.39, 0.29) is 6.04 Å². The smallest absolute Gasteiger partial charge is 0.248 e. The molecule has 1 aliphatic heterocycles. The second-order valence-corrected chi connectivity index (χ2v) is 4.37. The Balaban J connectivity index is 2.21. The van der Waals surface area contributed by atoms with Crippen LogP contribution in [0.5, 0.6) is 0 Å². The van der Waals surface area contributed by atoms with E-state index in [0.29, 0.717) is 17.2 Å². The summed E-state index contributed by atoms with van der Waals surface area (Å²) in [5.74, 6) is 0.149. The van der Waals surface area contributed by atoms with E-state index in [0.717, 1.165) is 5.56 Å². The third kappa shape index (κ3) is 1.77. The fourth-order valence-electron chi connectivity index (χ4n) is 2.35. The summed E-state index contributed by atoms with van der Waals surface area (Å²) in [5.41, 5.74) is 7.67. The highest BCUT2D eigenvalue weighted by molar-refractivity contribution is 5.95. The number of allylic oxidation sites excluding steroid dienone is 1. The van der Waals surface area contributed by atoms with E-state index in [4.69, 9.17) is 5.73 Å². The molecule has 2 heterocycles. The van der Waals surface area contributed by atoms with Gasteiger partial charge in [0.25, 0.3) is 0 Å². The van der Waals surface area contributed by atoms with Crippen LogP contribution in [0.4, 0.5) is 5.95 Å². The molecule has 0 radical (unpaired) electrons. The van der Waals surface area contributed by atoms with Crippen molar-refractivity contribution in [3.63, 3.8) is 0 Å². The number of hydrogen-bond acceptors (Lipinski definition) is 4. The van der Waals surface area contributed by atoms with Gasteiger partial charge in [0.05, 0.1) is 5.57 Å². The summed E-state index contributed by atoms with van der Waals surface area (Å²) in [6.07, 6.45) is 1.45. The van der Waals surface area contributed by atoms with E-state index >= 15 is 0 Å². The minimum atomic E-state index is -0.458. The van der Waals surface area contributed by atoms with Crippen molar-refractivity contribution >= 4 is 11.9 Å². The number of fused-ring (bicyclic) bond motifs is 1. The fraction of sp³-hybridized carbons (Fsp3) is 0.154. The van der Waals surface area contributed by atoms with Crippen molar-refractivity contribution in [2.75, 3.05) is 5.32 Å². The first kappa shape index (κ1) is 11.5. The summed E-state index contributed by atoms with van der Waals surface area (Å²) in [6.45, 7) is 1.81. The van der Waals surface area contributed by atoms with E-state index in [1.807, 2.05) is 37.3 Å². The lowest BCUT2D eigenvalue weighted by Gasteiger charge is -2.27. The van der Waals surface area contributed by atoms with Crippen molar-refractivity contribution in [2.24, 2.45) is 5.73 Å². The van der Waals surface area contributed by atoms with Gasteiger partial charge in [-0.1, -0.05) is 30.3 Å². The minimum absolute atomic E-state index is 0.336. The summed E-state index contributed by atoms with van der Waals surface area (Å²) in [4.78, 5) is 15.9. The van der Waals surface area contributed by atoms with Crippen molar-refractivity contribution in [1.82, 2.24) is 14.8 Å². The highest BCUT2D eigenvalue weighted by Gasteiger charge is 2.31. The number of nitrogens with zero attached hydrogens (tertiary/aromatic N) is 3. The molecular weight excluding hydrogens is 242 g/mol. The van der Waals surface area contributed by atoms with E-state index in [1.54, 1.807) is 4.68 Å². The second kappa shape index (κ2) is 4.24. The van der Waals surface area contributed by atoms with Gasteiger partial charge in [-0.05, 0) is 12.5 Å². The van der Waals surface area contributed by atoms with Gasteiger partial charge in [0.2, 0.25) is 11.9 Å². The van der Waals surface area contributed by atoms with Gasteiger partial charge in [0.15, 0.2) is 0 Å². The molecule has 6 nitrogen and oxygen atoms in total. The number of nitrogens with two attached hydrogens (primary N) is 1. The fourth-order valence-corrected chi connectivity index (χ4v) is 2.35. The lowest BCUT2D eigenvalue weighted by molar-refractivity contribution is -0.115. The van der Waals surface area contributed by atoms with E-state index in [1.165, 1.54) is 6.33 Å². The van der Waals surface area contributed by atoms with Crippen LogP contribution in [-0.4, -0.2) is 20.7 Å². The van der Waals surface area contributed by atoms with Crippen molar-refractivity contribution < 1.29 is 4.79 Å². The number of rotatable bonds is 2. The van der Waals surface area contributed by atoms with Crippen LogP contribution in [-0.2, 0) is 4.79 Å². The van der Waals surface area contributed by atoms with E-state index in [9.17, 15) is 4.79 Å². The maximum atomic E-state index is 11.7. The highest BCUT2D eigenvalue weighted by Crippen LogP contribution is 2.33. The van der Waals surface area contributed by atoms with Gasteiger partial charge < -0.3 is 11.1 Å². The van der Waals surface area contributed by atoms with Crippen molar-refractivity contribution in [1.29, 1.82) is 0 Å². The molecule has 19 heavy (non-hydrogen) atoms. The van der Waals surface area contributed by atoms with Crippen LogP contribution in [0.1, 0.15) is 18.5 Å². The average molecular weight is 255 g/mol. The molecule has 3 N–H and O–H groups in total. The molecule has 0 fully saturated rings. The van der Waals surface area contributed by atoms with Gasteiger partial charge in [0, 0.05) is 5.70 Å². The Hall–Kier alpha value is -2.63. The van der Waals surface area contributed by atoms with Gasteiger partial charge in [-0.25, -0.2) is 4.68 Å². The number of carbonyl (C=O) groups is 1. The molecule has 0 saturated heterocycles. The summed E-state index contributed by atoms with van der Waals surface area (Å²) in [5, 5.41) is 7.22. The zero-order chi connectivity index (χ0) is 13.4. The Bertz CT molecular complexity index is 659. The molecule has 2 aromatic rings. The molecule has 0 aliphatic carbocycles. The molecule has 96 valence electrons. The lowest BCUT2D eigenvalue weighted by Crippen LogP contribution is -2.31. The van der Waals surface area contributed by atoms with Crippen LogP contribution in [0.3, 0.4) is 0 Å². The highest BCUT2D eigenvalue weighted by atomic mass is 16.1. The van der Waals surface area contributed by atoms with Crippen LogP contribution < -0.4 is 11.1 Å². The first-order chi connectivity index (χ1) is 9.18. The molecule has 1 aromatic carbocycles. The number of amides is 1. The van der Waals surface area contributed by atoms with Crippen LogP contribution in [0.2, 0.25) is 0 Å². The van der Waals surface area contributed by atoms with Gasteiger partial charge >= 0.3 is 0 Å². The quantitative estimate of drug-likeness (QED) is 0.840. The first-order valence-electron chi connectivity index (χ1n) is 5.90. The van der Waals surface area contributed by atoms with Crippen LogP contribution in [0.25, 0.3) is 0 Å². The predicted octanol–water partition coefficient (Wildman–Crippen LogP) is 1.05. The summed E-state index contributed by atoms with van der Waals surface area (Å²) < 4.78 is 1.67. The first-order valence-corrected chi connectivity index (χ1v) is 5.90. The minimum Gasteiger partial charge on any atom is -0.366 e. The molecular formula is C13H13N5O. The number of primary amides is 1. The summed E-state index contributed by atoms with van der Waals surface area (Å²) in [7, 11) is 0. The van der Waals surface area contributed by atoms with Crippen LogP contribution in [0, 0.1) is 0 Å². The molecule has 1 unspecified atom stereocenters. The number of aromatic nitrogens is 3. The van der Waals surface area contributed by atoms with Crippen molar-refractivity contribution in [3.05, 3.63) is 53.5 Å². The lowest BCUT2D eigenvalue weighted by atomic mass is 9.95. The maximum Gasteiger partial charge on any atom is 0.248 e. The normalized spacial score (nSPS) is 17.8. The zero-order valence-corrected chi connectivity index (χ0v) is 10.4. The van der Waals surface area contributed by atoms with Gasteiger partial charge in [0.1, 0.15) is 12.4 Å². The maximum absolute atomic E-state index is 11.7. The van der Waals surface area contributed by atoms with Crippen molar-refractivity contribution in [2.45, 2.75) is 13.0 Å². The third-order valence-corrected chi connectivity index (χ3v) is 3.18. The molecule has 0 bridgehead atoms. The molecule has 3 rings (SSSR count). The zero-order valence-electron chi connectivity index (χ0n) is 10.4. The largest absolute Gasteiger partial charge is 0.366 e. The summed E-state index contributed by atoms with van der Waals surface area (Å²) in [6, 6.07) is 9.31. The summed E-state index contributed by atoms with van der Waals surface area (Å²) >= 11 is 0. The van der Waals surface area contributed by atoms with Gasteiger partial charge in [-0.15, -0.1) is 0 Å². The molecule has 0 saturated carbocycles. The van der Waals surface area contributed by atoms with Gasteiger partial charge in [-0.2, -0.15) is 10.1 Å². The monoisotopic (exact) mass is 255 g/mol. The number of benzene rings is 1. The molecule has 1 atom stereocenters. The van der Waals surface area contributed by atoms with Gasteiger partial charge in [-0.3, -0.25) is 4.79 Å². The molecule has 1 aliphatic rings. The molecule has 1 aromatic heterocycles. The number of hydrogen-bond donors (Lipinski definition) is 2. The Labute approximate surface area is 109 Å². The molecule has 0 spiro atoms. The number of anilines is 1. The third-order valence-electron chi connectivity index (χ3n) is 3.18. The van der Waals surface area contributed by atoms with Crippen LogP contribution >= 0.6 is 0 Å². The van der Waals surface area contributed by atoms with Crippen LogP contribution in [0.15, 0.2) is 47.9 Å². The SMILES string of the molecule is CC1=C(C(N)=O)C(c2ccccc2)n2ncnc2N1. The molecule has 6 heteroatoms. The molecule has 1 amide bonds. The number of carbonyl (C=O) groups excluding carboxylic acids is 1. The standard InChI is InChI=1S/C13H13N5O/c1-8-10(12(14)19)11(9-5-3-2-4-6-9)18-13(17-8)15-7-16-18/h2-7,11H,1H3,(H2,14,19)(H,15,16,17). The Morgan fingerprint density at radius 1 is 1.37 bits per heavy atom. The topological polar surface area (TPSA) is 85.8 Å².